The van der Waals surface area contributed by atoms with Crippen LogP contribution in [0.25, 0.3) is 0 Å². The normalized spacial score (nSPS) is 19.9. The second kappa shape index (κ2) is 5.95. The smallest absolute Gasteiger partial charge is 0.223 e. The second-order valence-corrected chi connectivity index (χ2v) is 5.70. The van der Waals surface area contributed by atoms with Crippen molar-refractivity contribution >= 4 is 0 Å². The highest BCUT2D eigenvalue weighted by Crippen LogP contribution is 2.22. The molecule has 0 saturated carbocycles. The largest absolute Gasteiger partial charge is 0.367 e. The summed E-state index contributed by atoms with van der Waals surface area (Å²) >= 11 is 0. The maximum Gasteiger partial charge on any atom is 0.223 e. The molecule has 1 saturated heterocycles. The Labute approximate surface area is 124 Å². The van der Waals surface area contributed by atoms with Crippen molar-refractivity contribution < 1.29 is 9.26 Å². The first-order chi connectivity index (χ1) is 10.1. The van der Waals surface area contributed by atoms with Crippen molar-refractivity contribution in [2.45, 2.75) is 33.4 Å². The van der Waals surface area contributed by atoms with Crippen molar-refractivity contribution in [2.24, 2.45) is 0 Å². The fourth-order valence-corrected chi connectivity index (χ4v) is 2.66. The molecule has 0 radical (unpaired) electrons. The molecule has 5 nitrogen and oxygen atoms in total. The lowest BCUT2D eigenvalue weighted by atomic mass is 10.0. The van der Waals surface area contributed by atoms with Gasteiger partial charge in [-0.05, 0) is 25.0 Å². The van der Waals surface area contributed by atoms with Crippen LogP contribution in [-0.2, 0) is 11.3 Å². The molecule has 0 bridgehead atoms. The highest BCUT2D eigenvalue weighted by Gasteiger charge is 2.26. The van der Waals surface area contributed by atoms with Gasteiger partial charge in [-0.25, -0.2) is 0 Å². The average molecular weight is 287 g/mol. The molecular weight excluding hydrogens is 266 g/mol. The average Bonchev–Trinajstić information content (AvgIpc) is 2.90. The summed E-state index contributed by atoms with van der Waals surface area (Å²) < 4.78 is 10.8. The quantitative estimate of drug-likeness (QED) is 0.868. The van der Waals surface area contributed by atoms with Gasteiger partial charge in [0.1, 0.15) is 6.10 Å². The van der Waals surface area contributed by atoms with E-state index in [2.05, 4.69) is 47.1 Å². The van der Waals surface area contributed by atoms with Crippen molar-refractivity contribution in [3.05, 3.63) is 46.6 Å². The van der Waals surface area contributed by atoms with E-state index in [1.54, 1.807) is 6.92 Å². The summed E-state index contributed by atoms with van der Waals surface area (Å²) in [6.07, 6.45) is -0.0960. The maximum absolute atomic E-state index is 5.77. The number of benzene rings is 1. The molecule has 1 aromatic heterocycles. The number of aryl methyl sites for hydroxylation is 3. The second-order valence-electron chi connectivity index (χ2n) is 5.70. The van der Waals surface area contributed by atoms with E-state index in [4.69, 9.17) is 9.26 Å². The Hall–Kier alpha value is -1.72. The molecule has 5 heteroatoms. The Morgan fingerprint density at radius 2 is 2.14 bits per heavy atom. The molecule has 1 fully saturated rings. The van der Waals surface area contributed by atoms with Crippen LogP contribution < -0.4 is 0 Å². The zero-order chi connectivity index (χ0) is 14.8. The van der Waals surface area contributed by atoms with Crippen molar-refractivity contribution in [3.63, 3.8) is 0 Å². The van der Waals surface area contributed by atoms with Gasteiger partial charge in [0.25, 0.3) is 0 Å². The van der Waals surface area contributed by atoms with E-state index in [9.17, 15) is 0 Å². The molecule has 3 rings (SSSR count). The zero-order valence-corrected chi connectivity index (χ0v) is 12.8. The summed E-state index contributed by atoms with van der Waals surface area (Å²) in [6.45, 7) is 9.45. The van der Waals surface area contributed by atoms with Gasteiger partial charge in [-0.2, -0.15) is 4.98 Å². The molecule has 112 valence electrons. The van der Waals surface area contributed by atoms with Gasteiger partial charge in [0.05, 0.1) is 6.61 Å². The van der Waals surface area contributed by atoms with Gasteiger partial charge < -0.3 is 9.26 Å². The van der Waals surface area contributed by atoms with Gasteiger partial charge in [-0.3, -0.25) is 4.90 Å². The molecule has 1 atom stereocenters. The highest BCUT2D eigenvalue weighted by molar-refractivity contribution is 5.30. The first kappa shape index (κ1) is 14.2. The van der Waals surface area contributed by atoms with E-state index < -0.39 is 0 Å². The summed E-state index contributed by atoms with van der Waals surface area (Å²) in [5.41, 5.74) is 4.01. The van der Waals surface area contributed by atoms with Crippen LogP contribution in [0.5, 0.6) is 0 Å². The van der Waals surface area contributed by atoms with Crippen LogP contribution in [0.4, 0.5) is 0 Å². The first-order valence-electron chi connectivity index (χ1n) is 7.32. The molecule has 1 aliphatic rings. The third kappa shape index (κ3) is 3.31. The van der Waals surface area contributed by atoms with Crippen LogP contribution >= 0.6 is 0 Å². The van der Waals surface area contributed by atoms with Crippen LogP contribution in [-0.4, -0.2) is 34.7 Å². The van der Waals surface area contributed by atoms with Crippen LogP contribution in [0.15, 0.2) is 22.7 Å². The Kier molecular flexibility index (Phi) is 4.03. The van der Waals surface area contributed by atoms with E-state index in [1.807, 2.05) is 0 Å². The number of rotatable bonds is 3. The number of hydrogen-bond donors (Lipinski definition) is 0. The molecule has 0 unspecified atom stereocenters. The lowest BCUT2D eigenvalue weighted by molar-refractivity contribution is -0.0381. The van der Waals surface area contributed by atoms with E-state index >= 15 is 0 Å². The SMILES string of the molecule is Cc1ccc(C)c(CN2CCO[C@@H](c3noc(C)n3)C2)c1. The van der Waals surface area contributed by atoms with Gasteiger partial charge in [0, 0.05) is 26.6 Å². The summed E-state index contributed by atoms with van der Waals surface area (Å²) in [7, 11) is 0. The number of hydrogen-bond acceptors (Lipinski definition) is 5. The molecule has 21 heavy (non-hydrogen) atoms. The molecule has 0 spiro atoms. The number of ether oxygens (including phenoxy) is 1. The molecular formula is C16H21N3O2. The molecule has 1 aliphatic heterocycles. The monoisotopic (exact) mass is 287 g/mol. The van der Waals surface area contributed by atoms with Gasteiger partial charge >= 0.3 is 0 Å². The predicted octanol–water partition coefficient (Wildman–Crippen LogP) is 2.57. The number of aromatic nitrogens is 2. The van der Waals surface area contributed by atoms with E-state index in [-0.39, 0.29) is 6.10 Å². The van der Waals surface area contributed by atoms with Gasteiger partial charge in [0.15, 0.2) is 0 Å². The van der Waals surface area contributed by atoms with E-state index in [0.29, 0.717) is 18.3 Å². The summed E-state index contributed by atoms with van der Waals surface area (Å²) in [5, 5.41) is 3.97. The molecule has 0 N–H and O–H groups in total. The predicted molar refractivity (Wildman–Crippen MR) is 78.9 cm³/mol. The molecule has 1 aromatic carbocycles. The van der Waals surface area contributed by atoms with Gasteiger partial charge in [-0.1, -0.05) is 28.9 Å². The Morgan fingerprint density at radius 1 is 1.29 bits per heavy atom. The zero-order valence-electron chi connectivity index (χ0n) is 12.8. The minimum atomic E-state index is -0.0960. The molecule has 2 aromatic rings. The summed E-state index contributed by atoms with van der Waals surface area (Å²) in [6, 6.07) is 6.60. The minimum absolute atomic E-state index is 0.0960. The van der Waals surface area contributed by atoms with Crippen molar-refractivity contribution in [1.29, 1.82) is 0 Å². The van der Waals surface area contributed by atoms with Gasteiger partial charge in [0.2, 0.25) is 11.7 Å². The number of morpholine rings is 1. The Morgan fingerprint density at radius 3 is 2.90 bits per heavy atom. The fraction of sp³-hybridized carbons (Fsp3) is 0.500. The van der Waals surface area contributed by atoms with Crippen LogP contribution in [0.1, 0.15) is 34.5 Å². The van der Waals surface area contributed by atoms with E-state index in [0.717, 1.165) is 19.6 Å². The molecule has 2 heterocycles. The standard InChI is InChI=1S/C16H21N3O2/c1-11-4-5-12(2)14(8-11)9-19-6-7-20-15(10-19)16-17-13(3)21-18-16/h4-5,8,15H,6-7,9-10H2,1-3H3/t15-/m1/s1. The topological polar surface area (TPSA) is 51.4 Å². The highest BCUT2D eigenvalue weighted by atomic mass is 16.5. The van der Waals surface area contributed by atoms with Crippen LogP contribution in [0.2, 0.25) is 0 Å². The lowest BCUT2D eigenvalue weighted by Crippen LogP contribution is -2.38. The Balaban J connectivity index is 1.70. The van der Waals surface area contributed by atoms with Crippen molar-refractivity contribution in [1.82, 2.24) is 15.0 Å². The first-order valence-corrected chi connectivity index (χ1v) is 7.32. The maximum atomic E-state index is 5.77. The fourth-order valence-electron chi connectivity index (χ4n) is 2.66. The lowest BCUT2D eigenvalue weighted by Gasteiger charge is -2.31. The molecule has 0 aliphatic carbocycles. The Bertz CT molecular complexity index is 624. The third-order valence-corrected chi connectivity index (χ3v) is 3.88. The molecule has 0 amide bonds. The minimum Gasteiger partial charge on any atom is -0.367 e. The van der Waals surface area contributed by atoms with Crippen molar-refractivity contribution in [2.75, 3.05) is 19.7 Å². The van der Waals surface area contributed by atoms with Crippen molar-refractivity contribution in [3.8, 4) is 0 Å². The number of nitrogens with zero attached hydrogens (tertiary/aromatic N) is 3. The third-order valence-electron chi connectivity index (χ3n) is 3.88. The van der Waals surface area contributed by atoms with Crippen LogP contribution in [0, 0.1) is 20.8 Å². The van der Waals surface area contributed by atoms with Gasteiger partial charge in [-0.15, -0.1) is 0 Å². The van der Waals surface area contributed by atoms with E-state index in [1.165, 1.54) is 16.7 Å². The summed E-state index contributed by atoms with van der Waals surface area (Å²) in [5.74, 6) is 1.23. The summed E-state index contributed by atoms with van der Waals surface area (Å²) in [4.78, 5) is 6.67. The van der Waals surface area contributed by atoms with Crippen LogP contribution in [0.3, 0.4) is 0 Å².